The highest BCUT2D eigenvalue weighted by Crippen LogP contribution is 2.22. The van der Waals surface area contributed by atoms with E-state index in [2.05, 4.69) is 51.8 Å². The third kappa shape index (κ3) is 3.94. The molecule has 112 valence electrons. The molecule has 1 saturated heterocycles. The SMILES string of the molecule is Cn1ccnc1CN1CCC[C@@H](CCc2ccccc2)C1. The zero-order valence-corrected chi connectivity index (χ0v) is 12.9. The van der Waals surface area contributed by atoms with Crippen LogP contribution in [0.4, 0.5) is 0 Å². The van der Waals surface area contributed by atoms with E-state index in [0.717, 1.165) is 12.5 Å². The number of hydrogen-bond acceptors (Lipinski definition) is 2. The van der Waals surface area contributed by atoms with Crippen molar-refractivity contribution in [1.29, 1.82) is 0 Å². The molecular formula is C18H25N3. The Hall–Kier alpha value is -1.61. The first kappa shape index (κ1) is 14.3. The summed E-state index contributed by atoms with van der Waals surface area (Å²) in [6.07, 6.45) is 9.15. The molecule has 0 spiro atoms. The third-order valence-corrected chi connectivity index (χ3v) is 4.57. The Kier molecular flexibility index (Phi) is 4.71. The van der Waals surface area contributed by atoms with Crippen molar-refractivity contribution in [3.8, 4) is 0 Å². The van der Waals surface area contributed by atoms with Gasteiger partial charge in [0.1, 0.15) is 5.82 Å². The number of aromatic nitrogens is 2. The number of likely N-dealkylation sites (tertiary alicyclic amines) is 1. The van der Waals surface area contributed by atoms with E-state index in [1.807, 2.05) is 12.4 Å². The highest BCUT2D eigenvalue weighted by atomic mass is 15.2. The number of aryl methyl sites for hydroxylation is 2. The molecule has 21 heavy (non-hydrogen) atoms. The Morgan fingerprint density at radius 1 is 1.24 bits per heavy atom. The van der Waals surface area contributed by atoms with Crippen LogP contribution >= 0.6 is 0 Å². The van der Waals surface area contributed by atoms with Gasteiger partial charge in [-0.05, 0) is 43.7 Å². The lowest BCUT2D eigenvalue weighted by molar-refractivity contribution is 0.157. The predicted octanol–water partition coefficient (Wildman–Crippen LogP) is 3.26. The fourth-order valence-corrected chi connectivity index (χ4v) is 3.29. The number of imidazole rings is 1. The summed E-state index contributed by atoms with van der Waals surface area (Å²) in [5, 5.41) is 0. The summed E-state index contributed by atoms with van der Waals surface area (Å²) >= 11 is 0. The predicted molar refractivity (Wildman–Crippen MR) is 86.0 cm³/mol. The minimum absolute atomic E-state index is 0.833. The average Bonchev–Trinajstić information content (AvgIpc) is 2.92. The van der Waals surface area contributed by atoms with E-state index in [1.54, 1.807) is 0 Å². The third-order valence-electron chi connectivity index (χ3n) is 4.57. The zero-order chi connectivity index (χ0) is 14.5. The molecule has 1 aliphatic heterocycles. The summed E-state index contributed by atoms with van der Waals surface area (Å²) in [5.74, 6) is 2.01. The van der Waals surface area contributed by atoms with Gasteiger partial charge in [0, 0.05) is 26.0 Å². The second kappa shape index (κ2) is 6.90. The quantitative estimate of drug-likeness (QED) is 0.840. The monoisotopic (exact) mass is 283 g/mol. The summed E-state index contributed by atoms with van der Waals surface area (Å²) in [5.41, 5.74) is 1.47. The van der Waals surface area contributed by atoms with Crippen LogP contribution in [0.2, 0.25) is 0 Å². The van der Waals surface area contributed by atoms with Crippen LogP contribution in [0.3, 0.4) is 0 Å². The van der Waals surface area contributed by atoms with Crippen LogP contribution in [-0.4, -0.2) is 27.5 Å². The maximum absolute atomic E-state index is 4.45. The van der Waals surface area contributed by atoms with E-state index in [4.69, 9.17) is 0 Å². The maximum atomic E-state index is 4.45. The normalized spacial score (nSPS) is 19.8. The van der Waals surface area contributed by atoms with Gasteiger partial charge in [0.25, 0.3) is 0 Å². The molecule has 0 unspecified atom stereocenters. The van der Waals surface area contributed by atoms with Crippen molar-refractivity contribution in [2.45, 2.75) is 32.2 Å². The van der Waals surface area contributed by atoms with E-state index >= 15 is 0 Å². The molecule has 0 N–H and O–H groups in total. The topological polar surface area (TPSA) is 21.1 Å². The van der Waals surface area contributed by atoms with Crippen LogP contribution in [-0.2, 0) is 20.0 Å². The highest BCUT2D eigenvalue weighted by Gasteiger charge is 2.20. The maximum Gasteiger partial charge on any atom is 0.122 e. The van der Waals surface area contributed by atoms with Gasteiger partial charge in [-0.2, -0.15) is 0 Å². The van der Waals surface area contributed by atoms with Crippen LogP contribution in [0.1, 0.15) is 30.7 Å². The first-order chi connectivity index (χ1) is 10.3. The fourth-order valence-electron chi connectivity index (χ4n) is 3.29. The molecule has 0 saturated carbocycles. The summed E-state index contributed by atoms with van der Waals surface area (Å²) in [6, 6.07) is 10.9. The van der Waals surface area contributed by atoms with Crippen LogP contribution in [0.15, 0.2) is 42.7 Å². The highest BCUT2D eigenvalue weighted by molar-refractivity contribution is 5.14. The molecule has 1 aliphatic rings. The lowest BCUT2D eigenvalue weighted by Crippen LogP contribution is -2.35. The van der Waals surface area contributed by atoms with Gasteiger partial charge in [0.05, 0.1) is 6.54 Å². The van der Waals surface area contributed by atoms with Gasteiger partial charge in [0.15, 0.2) is 0 Å². The molecule has 2 heterocycles. The molecule has 0 radical (unpaired) electrons. The molecule has 1 aromatic heterocycles. The van der Waals surface area contributed by atoms with E-state index in [0.29, 0.717) is 0 Å². The molecule has 0 aliphatic carbocycles. The second-order valence-corrected chi connectivity index (χ2v) is 6.22. The van der Waals surface area contributed by atoms with E-state index < -0.39 is 0 Å². The van der Waals surface area contributed by atoms with Gasteiger partial charge >= 0.3 is 0 Å². The number of piperidine rings is 1. The Morgan fingerprint density at radius 2 is 2.10 bits per heavy atom. The van der Waals surface area contributed by atoms with Crippen molar-refractivity contribution >= 4 is 0 Å². The second-order valence-electron chi connectivity index (χ2n) is 6.22. The number of benzene rings is 1. The van der Waals surface area contributed by atoms with Crippen molar-refractivity contribution in [3.63, 3.8) is 0 Å². The van der Waals surface area contributed by atoms with Crippen LogP contribution < -0.4 is 0 Å². The lowest BCUT2D eigenvalue weighted by Gasteiger charge is -2.32. The number of nitrogens with zero attached hydrogens (tertiary/aromatic N) is 3. The molecule has 2 aromatic rings. The van der Waals surface area contributed by atoms with Gasteiger partial charge in [-0.25, -0.2) is 4.98 Å². The van der Waals surface area contributed by atoms with E-state index in [1.165, 1.54) is 50.2 Å². The molecule has 3 rings (SSSR count). The molecule has 3 nitrogen and oxygen atoms in total. The molecule has 3 heteroatoms. The van der Waals surface area contributed by atoms with Crippen molar-refractivity contribution in [2.75, 3.05) is 13.1 Å². The van der Waals surface area contributed by atoms with Gasteiger partial charge < -0.3 is 4.57 Å². The van der Waals surface area contributed by atoms with Crippen LogP contribution in [0, 0.1) is 5.92 Å². The van der Waals surface area contributed by atoms with Gasteiger partial charge in [-0.15, -0.1) is 0 Å². The Labute approximate surface area is 127 Å². The first-order valence-electron chi connectivity index (χ1n) is 8.04. The standard InChI is InChI=1S/C18H25N3/c1-20-13-11-19-18(20)15-21-12-5-8-17(14-21)10-9-16-6-3-2-4-7-16/h2-4,6-7,11,13,17H,5,8-10,12,14-15H2,1H3/t17-/m0/s1. The summed E-state index contributed by atoms with van der Waals surface area (Å²) in [6.45, 7) is 3.43. The summed E-state index contributed by atoms with van der Waals surface area (Å²) in [7, 11) is 2.08. The summed E-state index contributed by atoms with van der Waals surface area (Å²) < 4.78 is 2.13. The average molecular weight is 283 g/mol. The Balaban J connectivity index is 1.50. The molecule has 0 bridgehead atoms. The van der Waals surface area contributed by atoms with Gasteiger partial charge in [0.2, 0.25) is 0 Å². The number of hydrogen-bond donors (Lipinski definition) is 0. The first-order valence-corrected chi connectivity index (χ1v) is 8.04. The largest absolute Gasteiger partial charge is 0.337 e. The van der Waals surface area contributed by atoms with Crippen LogP contribution in [0.25, 0.3) is 0 Å². The smallest absolute Gasteiger partial charge is 0.122 e. The van der Waals surface area contributed by atoms with Crippen molar-refractivity contribution in [3.05, 3.63) is 54.1 Å². The Bertz CT molecular complexity index is 547. The van der Waals surface area contributed by atoms with Gasteiger partial charge in [-0.3, -0.25) is 4.90 Å². The Morgan fingerprint density at radius 3 is 2.86 bits per heavy atom. The molecule has 1 aromatic carbocycles. The summed E-state index contributed by atoms with van der Waals surface area (Å²) in [4.78, 5) is 7.02. The van der Waals surface area contributed by atoms with E-state index in [-0.39, 0.29) is 0 Å². The molecule has 1 atom stereocenters. The fraction of sp³-hybridized carbons (Fsp3) is 0.500. The molecular weight excluding hydrogens is 258 g/mol. The lowest BCUT2D eigenvalue weighted by atomic mass is 9.91. The van der Waals surface area contributed by atoms with E-state index in [9.17, 15) is 0 Å². The minimum Gasteiger partial charge on any atom is -0.337 e. The van der Waals surface area contributed by atoms with Crippen molar-refractivity contribution < 1.29 is 0 Å². The molecule has 0 amide bonds. The van der Waals surface area contributed by atoms with Crippen molar-refractivity contribution in [2.24, 2.45) is 13.0 Å². The zero-order valence-electron chi connectivity index (χ0n) is 12.9. The number of rotatable bonds is 5. The van der Waals surface area contributed by atoms with Crippen molar-refractivity contribution in [1.82, 2.24) is 14.5 Å². The molecule has 1 fully saturated rings. The van der Waals surface area contributed by atoms with Crippen LogP contribution in [0.5, 0.6) is 0 Å². The minimum atomic E-state index is 0.833. The van der Waals surface area contributed by atoms with Gasteiger partial charge in [-0.1, -0.05) is 30.3 Å².